The normalized spacial score (nSPS) is 17.3. The van der Waals surface area contributed by atoms with Crippen LogP contribution in [0.3, 0.4) is 0 Å². The summed E-state index contributed by atoms with van der Waals surface area (Å²) in [5, 5.41) is 1.76. The Morgan fingerprint density at radius 3 is 2.33 bits per heavy atom. The summed E-state index contributed by atoms with van der Waals surface area (Å²) < 4.78 is 0. The first-order valence-electron chi connectivity index (χ1n) is 6.07. The van der Waals surface area contributed by atoms with Crippen LogP contribution in [0.4, 0.5) is 4.79 Å². The number of rotatable bonds is 3. The van der Waals surface area contributed by atoms with E-state index in [0.717, 1.165) is 18.4 Å². The maximum Gasteiger partial charge on any atom is 0.326 e. The predicted octanol–water partition coefficient (Wildman–Crippen LogP) is 1.16. The van der Waals surface area contributed by atoms with Crippen molar-refractivity contribution in [3.05, 3.63) is 35.9 Å². The third-order valence-corrected chi connectivity index (χ3v) is 3.19. The number of urea groups is 1. The zero-order valence-corrected chi connectivity index (χ0v) is 10.1. The molecule has 1 aliphatic rings. The Hall–Kier alpha value is -1.88. The monoisotopic (exact) mass is 247 g/mol. The molecule has 0 aliphatic carbocycles. The minimum atomic E-state index is -0.553. The standard InChI is InChI=1S/C13H17N3O2/c14-13(18)15-16-8-6-11(7-9-16)12(17)10-4-2-1-3-5-10/h1-5,11H,6-9H2,(H3,14,15,18). The lowest BCUT2D eigenvalue weighted by molar-refractivity contribution is 0.0802. The number of carbonyl (C=O) groups is 2. The van der Waals surface area contributed by atoms with Gasteiger partial charge in [-0.2, -0.15) is 0 Å². The molecule has 0 bridgehead atoms. The molecule has 18 heavy (non-hydrogen) atoms. The number of nitrogens with zero attached hydrogens (tertiary/aromatic N) is 1. The molecule has 0 atom stereocenters. The maximum absolute atomic E-state index is 12.2. The number of hydrogen-bond donors (Lipinski definition) is 2. The van der Waals surface area contributed by atoms with E-state index < -0.39 is 6.03 Å². The average Bonchev–Trinajstić information content (AvgIpc) is 2.39. The Morgan fingerprint density at radius 2 is 1.78 bits per heavy atom. The van der Waals surface area contributed by atoms with Crippen molar-refractivity contribution in [3.63, 3.8) is 0 Å². The quantitative estimate of drug-likeness (QED) is 0.787. The summed E-state index contributed by atoms with van der Waals surface area (Å²) in [7, 11) is 0. The molecule has 1 aliphatic heterocycles. The van der Waals surface area contributed by atoms with Gasteiger partial charge in [-0.15, -0.1) is 0 Å². The number of nitrogens with one attached hydrogen (secondary N) is 1. The molecule has 1 saturated heterocycles. The molecule has 1 aromatic carbocycles. The van der Waals surface area contributed by atoms with E-state index in [1.54, 1.807) is 5.01 Å². The van der Waals surface area contributed by atoms with Gasteiger partial charge < -0.3 is 5.73 Å². The lowest BCUT2D eigenvalue weighted by Gasteiger charge is -2.30. The molecule has 0 aromatic heterocycles. The molecule has 0 saturated carbocycles. The van der Waals surface area contributed by atoms with E-state index in [1.165, 1.54) is 0 Å². The van der Waals surface area contributed by atoms with E-state index in [-0.39, 0.29) is 11.7 Å². The Balaban J connectivity index is 1.90. The third kappa shape index (κ3) is 3.07. The van der Waals surface area contributed by atoms with Crippen LogP contribution in [0, 0.1) is 5.92 Å². The Bertz CT molecular complexity index is 425. The van der Waals surface area contributed by atoms with Gasteiger partial charge >= 0.3 is 6.03 Å². The number of primary amides is 1. The Morgan fingerprint density at radius 1 is 1.17 bits per heavy atom. The molecule has 5 nitrogen and oxygen atoms in total. The summed E-state index contributed by atoms with van der Waals surface area (Å²) in [5.74, 6) is 0.229. The molecule has 0 radical (unpaired) electrons. The van der Waals surface area contributed by atoms with Gasteiger partial charge in [0.1, 0.15) is 0 Å². The number of amides is 2. The van der Waals surface area contributed by atoms with E-state index in [0.29, 0.717) is 13.1 Å². The largest absolute Gasteiger partial charge is 0.351 e. The van der Waals surface area contributed by atoms with Crippen LogP contribution in [0.1, 0.15) is 23.2 Å². The molecule has 3 N–H and O–H groups in total. The zero-order chi connectivity index (χ0) is 13.0. The highest BCUT2D eigenvalue weighted by Crippen LogP contribution is 2.20. The molecule has 2 amide bonds. The number of hydrazine groups is 1. The summed E-state index contributed by atoms with van der Waals surface area (Å²) in [4.78, 5) is 22.9. The van der Waals surface area contributed by atoms with Gasteiger partial charge in [-0.1, -0.05) is 30.3 Å². The molecule has 96 valence electrons. The summed E-state index contributed by atoms with van der Waals surface area (Å²) in [6, 6.07) is 8.78. The third-order valence-electron chi connectivity index (χ3n) is 3.19. The highest BCUT2D eigenvalue weighted by molar-refractivity contribution is 5.97. The lowest BCUT2D eigenvalue weighted by atomic mass is 9.89. The molecular formula is C13H17N3O2. The SMILES string of the molecule is NC(=O)NN1CCC(C(=O)c2ccccc2)CC1. The molecule has 5 heteroatoms. The second kappa shape index (κ2) is 5.64. The minimum Gasteiger partial charge on any atom is -0.351 e. The average molecular weight is 247 g/mol. The molecule has 0 spiro atoms. The summed E-state index contributed by atoms with van der Waals surface area (Å²) in [6.45, 7) is 1.32. The summed E-state index contributed by atoms with van der Waals surface area (Å²) >= 11 is 0. The van der Waals surface area contributed by atoms with Crippen molar-refractivity contribution < 1.29 is 9.59 Å². The van der Waals surface area contributed by atoms with Crippen molar-refractivity contribution in [2.24, 2.45) is 11.7 Å². The van der Waals surface area contributed by atoms with Crippen LogP contribution >= 0.6 is 0 Å². The molecule has 1 fully saturated rings. The number of Topliss-reactive ketones (excluding diaryl/α,β-unsaturated/α-hetero) is 1. The predicted molar refractivity (Wildman–Crippen MR) is 67.8 cm³/mol. The van der Waals surface area contributed by atoms with E-state index >= 15 is 0 Å². The van der Waals surface area contributed by atoms with Crippen LogP contribution in [-0.4, -0.2) is 29.9 Å². The van der Waals surface area contributed by atoms with Gasteiger partial charge in [0.15, 0.2) is 5.78 Å². The number of hydrogen-bond acceptors (Lipinski definition) is 3. The maximum atomic E-state index is 12.2. The minimum absolute atomic E-state index is 0.0401. The first-order chi connectivity index (χ1) is 8.66. The topological polar surface area (TPSA) is 75.4 Å². The van der Waals surface area contributed by atoms with Crippen molar-refractivity contribution in [1.82, 2.24) is 10.4 Å². The lowest BCUT2D eigenvalue weighted by Crippen LogP contribution is -2.49. The smallest absolute Gasteiger partial charge is 0.326 e. The van der Waals surface area contributed by atoms with Crippen LogP contribution in [0.5, 0.6) is 0 Å². The number of nitrogens with two attached hydrogens (primary N) is 1. The fourth-order valence-electron chi connectivity index (χ4n) is 2.25. The second-order valence-electron chi connectivity index (χ2n) is 4.47. The fourth-order valence-corrected chi connectivity index (χ4v) is 2.25. The molecule has 0 unspecified atom stereocenters. The van der Waals surface area contributed by atoms with Gasteiger partial charge in [0.05, 0.1) is 0 Å². The van der Waals surface area contributed by atoms with Gasteiger partial charge in [0.25, 0.3) is 0 Å². The van der Waals surface area contributed by atoms with E-state index in [4.69, 9.17) is 5.73 Å². The fraction of sp³-hybridized carbons (Fsp3) is 0.385. The van der Waals surface area contributed by atoms with Crippen LogP contribution < -0.4 is 11.2 Å². The van der Waals surface area contributed by atoms with Crippen LogP contribution in [0.15, 0.2) is 30.3 Å². The van der Waals surface area contributed by atoms with Gasteiger partial charge in [-0.3, -0.25) is 10.2 Å². The molecule has 1 aromatic rings. The van der Waals surface area contributed by atoms with Crippen molar-refractivity contribution >= 4 is 11.8 Å². The van der Waals surface area contributed by atoms with Crippen LogP contribution in [0.25, 0.3) is 0 Å². The van der Waals surface area contributed by atoms with E-state index in [1.807, 2.05) is 30.3 Å². The van der Waals surface area contributed by atoms with E-state index in [9.17, 15) is 9.59 Å². The van der Waals surface area contributed by atoms with Crippen molar-refractivity contribution in [3.8, 4) is 0 Å². The summed E-state index contributed by atoms with van der Waals surface area (Å²) in [5.41, 5.74) is 8.35. The second-order valence-corrected chi connectivity index (χ2v) is 4.47. The first kappa shape index (κ1) is 12.6. The number of benzene rings is 1. The molecule has 1 heterocycles. The van der Waals surface area contributed by atoms with Gasteiger partial charge in [0.2, 0.25) is 0 Å². The van der Waals surface area contributed by atoms with Gasteiger partial charge in [-0.05, 0) is 12.8 Å². The van der Waals surface area contributed by atoms with Gasteiger partial charge in [0, 0.05) is 24.6 Å². The van der Waals surface area contributed by atoms with Crippen LogP contribution in [-0.2, 0) is 0 Å². The van der Waals surface area contributed by atoms with Crippen LogP contribution in [0.2, 0.25) is 0 Å². The number of piperidine rings is 1. The highest BCUT2D eigenvalue weighted by atomic mass is 16.2. The van der Waals surface area contributed by atoms with Crippen molar-refractivity contribution in [2.45, 2.75) is 12.8 Å². The Labute approximate surface area is 106 Å². The van der Waals surface area contributed by atoms with E-state index in [2.05, 4.69) is 5.43 Å². The number of carbonyl (C=O) groups excluding carboxylic acids is 2. The molecule has 2 rings (SSSR count). The number of ketones is 1. The van der Waals surface area contributed by atoms with Crippen molar-refractivity contribution in [1.29, 1.82) is 0 Å². The highest BCUT2D eigenvalue weighted by Gasteiger charge is 2.25. The first-order valence-corrected chi connectivity index (χ1v) is 6.07. The summed E-state index contributed by atoms with van der Waals surface area (Å²) in [6.07, 6.45) is 1.49. The zero-order valence-electron chi connectivity index (χ0n) is 10.1. The van der Waals surface area contributed by atoms with Crippen molar-refractivity contribution in [2.75, 3.05) is 13.1 Å². The molecular weight excluding hydrogens is 230 g/mol. The Kier molecular flexibility index (Phi) is 3.94. The van der Waals surface area contributed by atoms with Gasteiger partial charge in [-0.25, -0.2) is 9.80 Å².